The van der Waals surface area contributed by atoms with Gasteiger partial charge in [-0.05, 0) is 6.42 Å². The Morgan fingerprint density at radius 1 is 1.64 bits per heavy atom. The minimum atomic E-state index is -2.14. The van der Waals surface area contributed by atoms with E-state index in [-0.39, 0.29) is 24.8 Å². The van der Waals surface area contributed by atoms with Gasteiger partial charge in [-0.1, -0.05) is 0 Å². The van der Waals surface area contributed by atoms with Crippen molar-refractivity contribution >= 4 is 12.1 Å². The Morgan fingerprint density at radius 3 is 2.64 bits per heavy atom. The highest BCUT2D eigenvalue weighted by Gasteiger charge is 2.38. The van der Waals surface area contributed by atoms with Gasteiger partial charge in [0.25, 0.3) is 5.79 Å². The van der Waals surface area contributed by atoms with Crippen LogP contribution in [0.15, 0.2) is 0 Å². The van der Waals surface area contributed by atoms with Crippen LogP contribution in [0.5, 0.6) is 0 Å². The lowest BCUT2D eigenvalue weighted by atomic mass is 10.1. The minimum absolute atomic E-state index is 0. The molecule has 1 atom stereocenters. The fraction of sp³-hybridized carbons (Fsp3) is 0.667. The maximum atomic E-state index is 10.7. The van der Waals surface area contributed by atoms with Gasteiger partial charge in [0, 0.05) is 6.42 Å². The van der Waals surface area contributed by atoms with Crippen LogP contribution in [0.3, 0.4) is 0 Å². The molecule has 0 aliphatic carbocycles. The lowest BCUT2D eigenvalue weighted by molar-refractivity contribution is -0.205. The van der Waals surface area contributed by atoms with Crippen LogP contribution in [0.1, 0.15) is 12.8 Å². The number of carbonyl (C=O) groups excluding carboxylic acids is 2. The normalized spacial score (nSPS) is 30.8. The van der Waals surface area contributed by atoms with Crippen LogP contribution in [0.25, 0.3) is 0 Å². The highest BCUT2D eigenvalue weighted by Crippen LogP contribution is 2.15. The minimum Gasteiger partial charge on any atom is -0.412 e. The van der Waals surface area contributed by atoms with Crippen LogP contribution in [-0.4, -0.2) is 35.0 Å². The number of hydrogen-bond donors (Lipinski definition) is 1. The van der Waals surface area contributed by atoms with Gasteiger partial charge < -0.3 is 15.3 Å². The Morgan fingerprint density at radius 2 is 2.27 bits per heavy atom. The average molecular weight is 162 g/mol. The van der Waals surface area contributed by atoms with E-state index in [1.54, 1.807) is 0 Å². The predicted octanol–water partition coefficient (Wildman–Crippen LogP) is -1.57. The lowest BCUT2D eigenvalue weighted by Gasteiger charge is -2.24. The number of ketones is 1. The number of rotatable bonds is 1. The lowest BCUT2D eigenvalue weighted by Crippen LogP contribution is -2.46. The van der Waals surface area contributed by atoms with Crippen LogP contribution in [0, 0.1) is 0 Å². The van der Waals surface area contributed by atoms with E-state index in [1.165, 1.54) is 0 Å². The van der Waals surface area contributed by atoms with Crippen molar-refractivity contribution < 1.29 is 24.9 Å². The summed E-state index contributed by atoms with van der Waals surface area (Å²) in [7, 11) is 0. The number of hydrogen-bond acceptors (Lipinski definition) is 4. The molecule has 1 fully saturated rings. The monoisotopic (exact) mass is 162 g/mol. The van der Waals surface area contributed by atoms with E-state index in [0.717, 1.165) is 0 Å². The molecule has 11 heavy (non-hydrogen) atoms. The molecule has 0 aromatic heterocycles. The molecule has 0 spiro atoms. The number of Topliss-reactive ketones (excluding diaryl/α,β-unsaturated/α-hetero) is 1. The molecule has 0 bridgehead atoms. The first-order chi connectivity index (χ1) is 4.69. The summed E-state index contributed by atoms with van der Waals surface area (Å²) in [6, 6.07) is 0. The molecular formula is C6H10O5. The molecule has 1 heterocycles. The molecule has 5 nitrogen and oxygen atoms in total. The first kappa shape index (κ1) is 10.2. The Balaban J connectivity index is 0.000001000. The van der Waals surface area contributed by atoms with E-state index in [4.69, 9.17) is 5.11 Å². The summed E-state index contributed by atoms with van der Waals surface area (Å²) in [5, 5.41) is 9.01. The van der Waals surface area contributed by atoms with Gasteiger partial charge in [0.05, 0.1) is 6.61 Å². The third-order valence-corrected chi connectivity index (χ3v) is 1.43. The smallest absolute Gasteiger partial charge is 0.284 e. The Kier molecular flexibility index (Phi) is 3.31. The van der Waals surface area contributed by atoms with Gasteiger partial charge in [-0.3, -0.25) is 9.59 Å². The highest BCUT2D eigenvalue weighted by molar-refractivity contribution is 5.99. The van der Waals surface area contributed by atoms with Gasteiger partial charge in [-0.15, -0.1) is 0 Å². The average Bonchev–Trinajstić information content (AvgIpc) is 1.96. The number of aldehydes is 1. The zero-order chi connectivity index (χ0) is 7.61. The summed E-state index contributed by atoms with van der Waals surface area (Å²) in [6.07, 6.45) is 0.929. The quantitative estimate of drug-likeness (QED) is 0.372. The van der Waals surface area contributed by atoms with E-state index in [2.05, 4.69) is 4.74 Å². The van der Waals surface area contributed by atoms with Gasteiger partial charge >= 0.3 is 0 Å². The molecule has 64 valence electrons. The fourth-order valence-electron chi connectivity index (χ4n) is 0.820. The summed E-state index contributed by atoms with van der Waals surface area (Å²) in [4.78, 5) is 20.8. The van der Waals surface area contributed by atoms with Crippen molar-refractivity contribution in [3.05, 3.63) is 0 Å². The zero-order valence-electron chi connectivity index (χ0n) is 5.87. The van der Waals surface area contributed by atoms with Crippen LogP contribution in [-0.2, 0) is 14.3 Å². The van der Waals surface area contributed by atoms with Crippen molar-refractivity contribution in [3.63, 3.8) is 0 Å². The largest absolute Gasteiger partial charge is 0.412 e. The second-order valence-corrected chi connectivity index (χ2v) is 2.19. The van der Waals surface area contributed by atoms with Crippen molar-refractivity contribution in [1.29, 1.82) is 0 Å². The molecule has 3 N–H and O–H groups in total. The van der Waals surface area contributed by atoms with E-state index in [9.17, 15) is 9.59 Å². The maximum absolute atomic E-state index is 10.7. The van der Waals surface area contributed by atoms with Gasteiger partial charge in [-0.25, -0.2) is 0 Å². The van der Waals surface area contributed by atoms with E-state index in [0.29, 0.717) is 6.42 Å². The fourth-order valence-corrected chi connectivity index (χ4v) is 0.820. The standard InChI is InChI=1S/C6H8O4.H2O/c7-4-6(9)5(8)2-1-3-10-6;/h4,9H,1-3H2;1H2. The summed E-state index contributed by atoms with van der Waals surface area (Å²) in [6.45, 7) is 0.265. The Labute approximate surface area is 63.3 Å². The molecule has 1 saturated heterocycles. The third-order valence-electron chi connectivity index (χ3n) is 1.43. The van der Waals surface area contributed by atoms with E-state index in [1.807, 2.05) is 0 Å². The summed E-state index contributed by atoms with van der Waals surface area (Å²) in [5.74, 6) is -2.69. The molecule has 0 amide bonds. The van der Waals surface area contributed by atoms with E-state index >= 15 is 0 Å². The molecular weight excluding hydrogens is 152 g/mol. The molecule has 1 unspecified atom stereocenters. The Bertz CT molecular complexity index is 166. The van der Waals surface area contributed by atoms with Crippen molar-refractivity contribution in [2.45, 2.75) is 18.6 Å². The number of aliphatic hydroxyl groups is 1. The summed E-state index contributed by atoms with van der Waals surface area (Å²) in [5.41, 5.74) is 0. The first-order valence-electron chi connectivity index (χ1n) is 3.05. The molecule has 0 saturated carbocycles. The van der Waals surface area contributed by atoms with Crippen molar-refractivity contribution in [3.8, 4) is 0 Å². The SMILES string of the molecule is O.O=CC1(O)OCCCC1=O. The van der Waals surface area contributed by atoms with Crippen LogP contribution < -0.4 is 0 Å². The molecule has 0 aromatic carbocycles. The molecule has 0 aromatic rings. The molecule has 1 aliphatic heterocycles. The van der Waals surface area contributed by atoms with Crippen molar-refractivity contribution in [2.75, 3.05) is 6.61 Å². The maximum Gasteiger partial charge on any atom is 0.284 e. The molecule has 1 aliphatic rings. The molecule has 5 heteroatoms. The second-order valence-electron chi connectivity index (χ2n) is 2.19. The predicted molar refractivity (Wildman–Crippen MR) is 34.8 cm³/mol. The topological polar surface area (TPSA) is 95.1 Å². The first-order valence-corrected chi connectivity index (χ1v) is 3.05. The van der Waals surface area contributed by atoms with Gasteiger partial charge in [0.1, 0.15) is 0 Å². The van der Waals surface area contributed by atoms with Crippen LogP contribution in [0.2, 0.25) is 0 Å². The second kappa shape index (κ2) is 3.56. The van der Waals surface area contributed by atoms with Gasteiger partial charge in [0.2, 0.25) is 0 Å². The molecule has 0 radical (unpaired) electrons. The summed E-state index contributed by atoms with van der Waals surface area (Å²) >= 11 is 0. The van der Waals surface area contributed by atoms with E-state index < -0.39 is 11.6 Å². The highest BCUT2D eigenvalue weighted by atomic mass is 16.6. The van der Waals surface area contributed by atoms with Gasteiger partial charge in [0.15, 0.2) is 12.1 Å². The van der Waals surface area contributed by atoms with Crippen molar-refractivity contribution in [2.24, 2.45) is 0 Å². The third kappa shape index (κ3) is 1.83. The van der Waals surface area contributed by atoms with Crippen LogP contribution >= 0.6 is 0 Å². The zero-order valence-corrected chi connectivity index (χ0v) is 5.87. The number of ether oxygens (including phenoxy) is 1. The number of carbonyl (C=O) groups is 2. The Hall–Kier alpha value is -0.780. The van der Waals surface area contributed by atoms with Crippen molar-refractivity contribution in [1.82, 2.24) is 0 Å². The summed E-state index contributed by atoms with van der Waals surface area (Å²) < 4.78 is 4.56. The molecule has 1 rings (SSSR count). The van der Waals surface area contributed by atoms with Gasteiger partial charge in [-0.2, -0.15) is 0 Å². The van der Waals surface area contributed by atoms with Crippen LogP contribution in [0.4, 0.5) is 0 Å².